The topological polar surface area (TPSA) is 169 Å². The summed E-state index contributed by atoms with van der Waals surface area (Å²) in [4.78, 5) is 12.9. The third-order valence-electron chi connectivity index (χ3n) is 8.71. The maximum absolute atomic E-state index is 12.9. The van der Waals surface area contributed by atoms with Crippen LogP contribution in [0, 0.1) is 0 Å². The van der Waals surface area contributed by atoms with Crippen molar-refractivity contribution >= 4 is 5.91 Å². The molecule has 0 bridgehead atoms. The van der Waals surface area contributed by atoms with Crippen LogP contribution in [-0.4, -0.2) is 98.7 Å². The van der Waals surface area contributed by atoms with Crippen LogP contribution in [0.5, 0.6) is 0 Å². The Hall–Kier alpha value is -1.89. The summed E-state index contributed by atoms with van der Waals surface area (Å²) in [6.07, 6.45) is 24.9. The Balaban J connectivity index is 2.60. The summed E-state index contributed by atoms with van der Waals surface area (Å²) in [6.45, 7) is 3.46. The highest BCUT2D eigenvalue weighted by atomic mass is 16.7. The summed E-state index contributed by atoms with van der Waals surface area (Å²) < 4.78 is 11.0. The van der Waals surface area contributed by atoms with Gasteiger partial charge >= 0.3 is 0 Å². The van der Waals surface area contributed by atoms with E-state index >= 15 is 0 Å². The van der Waals surface area contributed by atoms with Gasteiger partial charge in [0.1, 0.15) is 30.5 Å². The second-order valence-corrected chi connectivity index (χ2v) is 13.1. The lowest BCUT2D eigenvalue weighted by atomic mass is 9.99. The van der Waals surface area contributed by atoms with Crippen LogP contribution >= 0.6 is 0 Å². The molecular weight excluding hydrogens is 626 g/mol. The van der Waals surface area contributed by atoms with Crippen molar-refractivity contribution in [3.05, 3.63) is 48.6 Å². The van der Waals surface area contributed by atoms with Crippen molar-refractivity contribution in [3.63, 3.8) is 0 Å². The number of carbonyl (C=O) groups excluding carboxylic acids is 1. The molecule has 0 spiro atoms. The molecule has 1 aliphatic rings. The number of rotatable bonds is 29. The van der Waals surface area contributed by atoms with Gasteiger partial charge in [0.2, 0.25) is 5.91 Å². The van der Waals surface area contributed by atoms with Crippen LogP contribution in [0.2, 0.25) is 0 Å². The number of hydrogen-bond acceptors (Lipinski definition) is 9. The predicted octanol–water partition coefficient (Wildman–Crippen LogP) is 5.30. The monoisotopic (exact) mass is 695 g/mol. The van der Waals surface area contributed by atoms with Crippen LogP contribution in [0.25, 0.3) is 0 Å². The van der Waals surface area contributed by atoms with Crippen molar-refractivity contribution < 1.29 is 44.9 Å². The summed E-state index contributed by atoms with van der Waals surface area (Å²) in [5, 5.41) is 64.2. The van der Waals surface area contributed by atoms with Gasteiger partial charge in [0, 0.05) is 0 Å². The first-order valence-corrected chi connectivity index (χ1v) is 19.0. The molecule has 0 saturated carbocycles. The average Bonchev–Trinajstić information content (AvgIpc) is 3.10. The van der Waals surface area contributed by atoms with Gasteiger partial charge in [0.05, 0.1) is 25.4 Å². The van der Waals surface area contributed by atoms with Crippen molar-refractivity contribution in [3.8, 4) is 0 Å². The highest BCUT2D eigenvalue weighted by molar-refractivity contribution is 5.80. The molecule has 1 rings (SSSR count). The minimum Gasteiger partial charge on any atom is -0.394 e. The van der Waals surface area contributed by atoms with Gasteiger partial charge in [-0.05, 0) is 70.6 Å². The minimum absolute atomic E-state index is 0.284. The van der Waals surface area contributed by atoms with Crippen LogP contribution < -0.4 is 5.32 Å². The van der Waals surface area contributed by atoms with Gasteiger partial charge in [0.15, 0.2) is 6.29 Å². The molecule has 1 fully saturated rings. The van der Waals surface area contributed by atoms with Crippen molar-refractivity contribution in [2.75, 3.05) is 13.2 Å². The molecular formula is C39H69NO9. The first-order valence-electron chi connectivity index (χ1n) is 19.0. The van der Waals surface area contributed by atoms with Crippen LogP contribution in [0.3, 0.4) is 0 Å². The number of aliphatic hydroxyl groups is 6. The maximum Gasteiger partial charge on any atom is 0.249 e. The van der Waals surface area contributed by atoms with E-state index in [1.165, 1.54) is 38.5 Å². The van der Waals surface area contributed by atoms with E-state index in [-0.39, 0.29) is 13.0 Å². The Morgan fingerprint density at radius 2 is 1.20 bits per heavy atom. The van der Waals surface area contributed by atoms with Gasteiger partial charge in [-0.25, -0.2) is 0 Å². The first kappa shape index (κ1) is 45.1. The number of unbranched alkanes of at least 4 members (excludes halogenated alkanes) is 12. The molecule has 0 aliphatic carbocycles. The molecule has 49 heavy (non-hydrogen) atoms. The Labute approximate surface area is 296 Å². The molecule has 8 unspecified atom stereocenters. The number of nitrogens with one attached hydrogen (secondary N) is 1. The van der Waals surface area contributed by atoms with E-state index < -0.39 is 61.5 Å². The van der Waals surface area contributed by atoms with E-state index in [4.69, 9.17) is 9.47 Å². The fraction of sp³-hybridized carbons (Fsp3) is 0.769. The van der Waals surface area contributed by atoms with Crippen LogP contribution in [0.1, 0.15) is 129 Å². The van der Waals surface area contributed by atoms with Crippen LogP contribution in [0.15, 0.2) is 48.6 Å². The highest BCUT2D eigenvalue weighted by Crippen LogP contribution is 2.22. The summed E-state index contributed by atoms with van der Waals surface area (Å²) >= 11 is 0. The molecule has 0 aromatic rings. The zero-order chi connectivity index (χ0) is 36.1. The number of allylic oxidation sites excluding steroid dienone is 7. The van der Waals surface area contributed by atoms with Gasteiger partial charge in [-0.15, -0.1) is 0 Å². The Bertz CT molecular complexity index is 922. The fourth-order valence-corrected chi connectivity index (χ4v) is 5.48. The SMILES string of the molecule is CCCCC/C=C\CCCCCCC(O)C(=O)NC(COC1OC(CO)C(O)C(O)C1O)C(O)/C=C/CC/C=C/CC/C=C/CCCCC. The lowest BCUT2D eigenvalue weighted by Gasteiger charge is -2.40. The molecule has 8 atom stereocenters. The van der Waals surface area contributed by atoms with Gasteiger partial charge < -0.3 is 45.4 Å². The van der Waals surface area contributed by atoms with E-state index in [2.05, 4.69) is 55.6 Å². The number of carbonyl (C=O) groups is 1. The largest absolute Gasteiger partial charge is 0.394 e. The molecule has 7 N–H and O–H groups in total. The molecule has 0 radical (unpaired) electrons. The van der Waals surface area contributed by atoms with Crippen molar-refractivity contribution in [1.82, 2.24) is 5.32 Å². The third kappa shape index (κ3) is 21.2. The normalized spacial score (nSPS) is 23.6. The fourth-order valence-electron chi connectivity index (χ4n) is 5.48. The van der Waals surface area contributed by atoms with Gasteiger partial charge in [0.25, 0.3) is 0 Å². The number of amides is 1. The van der Waals surface area contributed by atoms with E-state index in [1.807, 2.05) is 6.08 Å². The summed E-state index contributed by atoms with van der Waals surface area (Å²) in [5.74, 6) is -0.646. The Kier molecular flexibility index (Phi) is 27.4. The van der Waals surface area contributed by atoms with Gasteiger partial charge in [-0.3, -0.25) is 4.79 Å². The van der Waals surface area contributed by atoms with E-state index in [9.17, 15) is 35.4 Å². The first-order chi connectivity index (χ1) is 23.8. The van der Waals surface area contributed by atoms with E-state index in [0.717, 1.165) is 57.8 Å². The molecule has 1 heterocycles. The molecule has 1 aliphatic heterocycles. The Morgan fingerprint density at radius 1 is 0.694 bits per heavy atom. The number of ether oxygens (including phenoxy) is 2. The molecule has 10 nitrogen and oxygen atoms in total. The second kappa shape index (κ2) is 29.8. The van der Waals surface area contributed by atoms with E-state index in [1.54, 1.807) is 6.08 Å². The smallest absolute Gasteiger partial charge is 0.249 e. The van der Waals surface area contributed by atoms with E-state index in [0.29, 0.717) is 12.8 Å². The maximum atomic E-state index is 12.9. The van der Waals surface area contributed by atoms with Crippen molar-refractivity contribution in [2.24, 2.45) is 0 Å². The zero-order valence-corrected chi connectivity index (χ0v) is 30.3. The summed E-state index contributed by atoms with van der Waals surface area (Å²) in [6, 6.07) is -1.01. The summed E-state index contributed by atoms with van der Waals surface area (Å²) in [5.41, 5.74) is 0. The average molecular weight is 696 g/mol. The lowest BCUT2D eigenvalue weighted by Crippen LogP contribution is -2.60. The van der Waals surface area contributed by atoms with Gasteiger partial charge in [-0.2, -0.15) is 0 Å². The van der Waals surface area contributed by atoms with Crippen LogP contribution in [0.4, 0.5) is 0 Å². The molecule has 10 heteroatoms. The second-order valence-electron chi connectivity index (χ2n) is 13.1. The van der Waals surface area contributed by atoms with Crippen molar-refractivity contribution in [1.29, 1.82) is 0 Å². The van der Waals surface area contributed by atoms with Crippen LogP contribution in [-0.2, 0) is 14.3 Å². The zero-order valence-electron chi connectivity index (χ0n) is 30.3. The molecule has 0 aromatic carbocycles. The standard InChI is InChI=1S/C39H69NO9/c1-3-5-7-9-11-13-15-16-18-19-21-23-25-27-32(42)31(30-48-39-37(46)36(45)35(44)34(29-41)49-39)40-38(47)33(43)28-26-24-22-20-17-14-12-10-8-6-4-2/h11-14,18-19,25,27,31-37,39,41-46H,3-10,15-17,20-24,26,28-30H2,1-2H3,(H,40,47)/b13-11+,14-12-,19-18+,27-25+. The number of hydrogen-bond donors (Lipinski definition) is 7. The molecule has 284 valence electrons. The predicted molar refractivity (Wildman–Crippen MR) is 195 cm³/mol. The van der Waals surface area contributed by atoms with Crippen molar-refractivity contribution in [2.45, 2.75) is 178 Å². The van der Waals surface area contributed by atoms with Gasteiger partial charge in [-0.1, -0.05) is 107 Å². The molecule has 0 aromatic heterocycles. The third-order valence-corrected chi connectivity index (χ3v) is 8.71. The lowest BCUT2D eigenvalue weighted by molar-refractivity contribution is -0.302. The molecule has 1 saturated heterocycles. The minimum atomic E-state index is -1.62. The molecule has 1 amide bonds. The summed E-state index contributed by atoms with van der Waals surface area (Å²) in [7, 11) is 0. The number of aliphatic hydroxyl groups excluding tert-OH is 6. The highest BCUT2D eigenvalue weighted by Gasteiger charge is 2.44. The Morgan fingerprint density at radius 3 is 1.76 bits per heavy atom. The quantitative estimate of drug-likeness (QED) is 0.0406.